The number of carbonyl (C=O) groups is 2. The van der Waals surface area contributed by atoms with Crippen LogP contribution in [0.15, 0.2) is 18.2 Å². The molecule has 1 fully saturated rings. The Kier molecular flexibility index (Phi) is 3.07. The molecular formula is C12H13ClN2O2. The molecule has 5 heteroatoms. The summed E-state index contributed by atoms with van der Waals surface area (Å²) in [6.07, 6.45) is 0.166. The van der Waals surface area contributed by atoms with Crippen molar-refractivity contribution in [3.8, 4) is 0 Å². The zero-order valence-electron chi connectivity index (χ0n) is 9.44. The molecule has 1 aliphatic rings. The van der Waals surface area contributed by atoms with Crippen LogP contribution in [-0.4, -0.2) is 18.4 Å². The summed E-state index contributed by atoms with van der Waals surface area (Å²) in [5.74, 6) is -0.968. The molecule has 0 aromatic heterocycles. The van der Waals surface area contributed by atoms with E-state index in [1.165, 1.54) is 4.90 Å². The molecule has 0 bridgehead atoms. The zero-order chi connectivity index (χ0) is 12.6. The van der Waals surface area contributed by atoms with Crippen molar-refractivity contribution < 1.29 is 9.59 Å². The second-order valence-electron chi connectivity index (χ2n) is 4.26. The van der Waals surface area contributed by atoms with E-state index < -0.39 is 11.8 Å². The van der Waals surface area contributed by atoms with Crippen molar-refractivity contribution in [2.75, 3.05) is 11.4 Å². The van der Waals surface area contributed by atoms with Crippen molar-refractivity contribution >= 4 is 29.1 Å². The van der Waals surface area contributed by atoms with E-state index in [-0.39, 0.29) is 12.3 Å². The van der Waals surface area contributed by atoms with Crippen molar-refractivity contribution in [1.82, 2.24) is 0 Å². The maximum atomic E-state index is 11.8. The third-order valence-corrected chi connectivity index (χ3v) is 3.24. The van der Waals surface area contributed by atoms with Crippen LogP contribution in [0.25, 0.3) is 0 Å². The van der Waals surface area contributed by atoms with Crippen LogP contribution in [0.3, 0.4) is 0 Å². The summed E-state index contributed by atoms with van der Waals surface area (Å²) in [5.41, 5.74) is 6.88. The van der Waals surface area contributed by atoms with Gasteiger partial charge in [0.2, 0.25) is 11.8 Å². The molecule has 1 unspecified atom stereocenters. The van der Waals surface area contributed by atoms with E-state index in [1.807, 2.05) is 19.1 Å². The number of hydrogen-bond acceptors (Lipinski definition) is 2. The minimum Gasteiger partial charge on any atom is -0.369 e. The number of halogens is 1. The highest BCUT2D eigenvalue weighted by Crippen LogP contribution is 2.31. The largest absolute Gasteiger partial charge is 0.369 e. The van der Waals surface area contributed by atoms with Crippen LogP contribution in [0.5, 0.6) is 0 Å². The number of primary amides is 1. The van der Waals surface area contributed by atoms with Gasteiger partial charge in [0.25, 0.3) is 0 Å². The van der Waals surface area contributed by atoms with Gasteiger partial charge >= 0.3 is 0 Å². The number of anilines is 1. The summed E-state index contributed by atoms with van der Waals surface area (Å²) < 4.78 is 0. The molecule has 17 heavy (non-hydrogen) atoms. The SMILES string of the molecule is Cc1ccc(Cl)c(N2CC(C(N)=O)CC2=O)c1. The van der Waals surface area contributed by atoms with E-state index in [9.17, 15) is 9.59 Å². The minimum absolute atomic E-state index is 0.110. The molecule has 0 spiro atoms. The number of amides is 2. The van der Waals surface area contributed by atoms with Gasteiger partial charge in [-0.2, -0.15) is 0 Å². The number of hydrogen-bond donors (Lipinski definition) is 1. The van der Waals surface area contributed by atoms with Crippen LogP contribution in [0.4, 0.5) is 5.69 Å². The third kappa shape index (κ3) is 2.26. The van der Waals surface area contributed by atoms with Crippen molar-refractivity contribution in [3.63, 3.8) is 0 Å². The van der Waals surface area contributed by atoms with Gasteiger partial charge in [0.15, 0.2) is 0 Å². The van der Waals surface area contributed by atoms with Crippen LogP contribution in [0.2, 0.25) is 5.02 Å². The molecule has 1 saturated heterocycles. The van der Waals surface area contributed by atoms with Crippen LogP contribution in [0.1, 0.15) is 12.0 Å². The summed E-state index contributed by atoms with van der Waals surface area (Å²) in [6, 6.07) is 5.46. The Morgan fingerprint density at radius 2 is 2.24 bits per heavy atom. The molecule has 2 amide bonds. The number of benzene rings is 1. The maximum absolute atomic E-state index is 11.8. The lowest BCUT2D eigenvalue weighted by molar-refractivity contribution is -0.123. The first-order valence-corrected chi connectivity index (χ1v) is 5.72. The quantitative estimate of drug-likeness (QED) is 0.867. The lowest BCUT2D eigenvalue weighted by Gasteiger charge is -2.18. The third-order valence-electron chi connectivity index (χ3n) is 2.92. The standard InChI is InChI=1S/C12H13ClN2O2/c1-7-2-3-9(13)10(4-7)15-6-8(12(14)17)5-11(15)16/h2-4,8H,5-6H2,1H3,(H2,14,17). The van der Waals surface area contributed by atoms with Crippen molar-refractivity contribution in [2.45, 2.75) is 13.3 Å². The lowest BCUT2D eigenvalue weighted by Crippen LogP contribution is -2.28. The predicted octanol–water partition coefficient (Wildman–Crippen LogP) is 1.49. The Morgan fingerprint density at radius 3 is 2.82 bits per heavy atom. The number of carbonyl (C=O) groups excluding carboxylic acids is 2. The van der Waals surface area contributed by atoms with E-state index in [4.69, 9.17) is 17.3 Å². The van der Waals surface area contributed by atoms with E-state index in [2.05, 4.69) is 0 Å². The van der Waals surface area contributed by atoms with Crippen molar-refractivity contribution in [2.24, 2.45) is 11.7 Å². The molecule has 90 valence electrons. The molecule has 0 aliphatic carbocycles. The first kappa shape index (κ1) is 11.9. The first-order chi connectivity index (χ1) is 7.99. The van der Waals surface area contributed by atoms with E-state index in [1.54, 1.807) is 6.07 Å². The first-order valence-electron chi connectivity index (χ1n) is 5.35. The molecule has 1 heterocycles. The smallest absolute Gasteiger partial charge is 0.227 e. The van der Waals surface area contributed by atoms with Gasteiger partial charge in [-0.1, -0.05) is 17.7 Å². The Labute approximate surface area is 104 Å². The van der Waals surface area contributed by atoms with Gasteiger partial charge in [-0.25, -0.2) is 0 Å². The van der Waals surface area contributed by atoms with Crippen LogP contribution >= 0.6 is 11.6 Å². The van der Waals surface area contributed by atoms with Crippen LogP contribution in [-0.2, 0) is 9.59 Å². The average Bonchev–Trinajstić information content (AvgIpc) is 2.64. The maximum Gasteiger partial charge on any atom is 0.227 e. The van der Waals surface area contributed by atoms with Crippen LogP contribution in [0, 0.1) is 12.8 Å². The highest BCUT2D eigenvalue weighted by Gasteiger charge is 2.34. The van der Waals surface area contributed by atoms with Gasteiger partial charge in [0.05, 0.1) is 16.6 Å². The van der Waals surface area contributed by atoms with Gasteiger partial charge in [-0.3, -0.25) is 9.59 Å². The van der Waals surface area contributed by atoms with E-state index in [0.29, 0.717) is 17.3 Å². The minimum atomic E-state index is -0.440. The molecule has 0 saturated carbocycles. The molecule has 1 aliphatic heterocycles. The summed E-state index contributed by atoms with van der Waals surface area (Å²) in [4.78, 5) is 24.4. The molecule has 0 radical (unpaired) electrons. The number of aryl methyl sites for hydroxylation is 1. The zero-order valence-corrected chi connectivity index (χ0v) is 10.2. The molecule has 1 atom stereocenters. The fourth-order valence-corrected chi connectivity index (χ4v) is 2.18. The molecule has 2 rings (SSSR count). The normalized spacial score (nSPS) is 19.8. The fourth-order valence-electron chi connectivity index (χ4n) is 1.96. The van der Waals surface area contributed by atoms with Gasteiger partial charge in [-0.15, -0.1) is 0 Å². The number of nitrogens with zero attached hydrogens (tertiary/aromatic N) is 1. The van der Waals surface area contributed by atoms with Crippen molar-refractivity contribution in [1.29, 1.82) is 0 Å². The topological polar surface area (TPSA) is 63.4 Å². The Balaban J connectivity index is 2.32. The summed E-state index contributed by atoms with van der Waals surface area (Å²) in [6.45, 7) is 2.24. The fraction of sp³-hybridized carbons (Fsp3) is 0.333. The van der Waals surface area contributed by atoms with Gasteiger partial charge < -0.3 is 10.6 Å². The second kappa shape index (κ2) is 4.37. The van der Waals surface area contributed by atoms with Crippen LogP contribution < -0.4 is 10.6 Å². The van der Waals surface area contributed by atoms with Crippen molar-refractivity contribution in [3.05, 3.63) is 28.8 Å². The highest BCUT2D eigenvalue weighted by molar-refractivity contribution is 6.34. The number of rotatable bonds is 2. The average molecular weight is 253 g/mol. The van der Waals surface area contributed by atoms with Gasteiger partial charge in [-0.05, 0) is 24.6 Å². The monoisotopic (exact) mass is 252 g/mol. The second-order valence-corrected chi connectivity index (χ2v) is 4.67. The van der Waals surface area contributed by atoms with E-state index in [0.717, 1.165) is 5.56 Å². The molecule has 2 N–H and O–H groups in total. The summed E-state index contributed by atoms with van der Waals surface area (Å²) >= 11 is 6.06. The van der Waals surface area contributed by atoms with E-state index >= 15 is 0 Å². The highest BCUT2D eigenvalue weighted by atomic mass is 35.5. The molecule has 1 aromatic rings. The molecule has 4 nitrogen and oxygen atoms in total. The Bertz CT molecular complexity index is 487. The molecular weight excluding hydrogens is 240 g/mol. The Hall–Kier alpha value is -1.55. The van der Waals surface area contributed by atoms with Gasteiger partial charge in [0, 0.05) is 13.0 Å². The lowest BCUT2D eigenvalue weighted by atomic mass is 10.1. The van der Waals surface area contributed by atoms with Gasteiger partial charge in [0.1, 0.15) is 0 Å². The predicted molar refractivity (Wildman–Crippen MR) is 65.8 cm³/mol. The number of nitrogens with two attached hydrogens (primary N) is 1. The summed E-state index contributed by atoms with van der Waals surface area (Å²) in [5, 5.41) is 0.508. The summed E-state index contributed by atoms with van der Waals surface area (Å²) in [7, 11) is 0. The molecule has 1 aromatic carbocycles. The Morgan fingerprint density at radius 1 is 1.53 bits per heavy atom.